The molecule has 32 heavy (non-hydrogen) atoms. The third-order valence-corrected chi connectivity index (χ3v) is 5.61. The molecule has 9 heteroatoms. The van der Waals surface area contributed by atoms with Gasteiger partial charge in [0.2, 0.25) is 17.6 Å². The van der Waals surface area contributed by atoms with Crippen LogP contribution in [-0.2, 0) is 0 Å². The first-order valence-corrected chi connectivity index (χ1v) is 10.5. The van der Waals surface area contributed by atoms with Gasteiger partial charge in [-0.1, -0.05) is 12.1 Å². The van der Waals surface area contributed by atoms with Gasteiger partial charge in [0.05, 0.1) is 17.4 Å². The van der Waals surface area contributed by atoms with Gasteiger partial charge in [0.15, 0.2) is 5.89 Å². The molecule has 1 aliphatic rings. The average Bonchev–Trinajstić information content (AvgIpc) is 3.39. The maximum Gasteiger partial charge on any atom is 0.292 e. The maximum atomic E-state index is 13.3. The molecule has 3 aromatic rings. The Labute approximate surface area is 186 Å². The van der Waals surface area contributed by atoms with Crippen LogP contribution in [0, 0.1) is 13.8 Å². The van der Waals surface area contributed by atoms with Crippen LogP contribution in [-0.4, -0.2) is 52.3 Å². The smallest absolute Gasteiger partial charge is 0.292 e. The second-order valence-corrected chi connectivity index (χ2v) is 8.11. The number of carbonyl (C=O) groups is 2. The molecule has 3 heterocycles. The third kappa shape index (κ3) is 3.93. The van der Waals surface area contributed by atoms with Crippen molar-refractivity contribution in [1.82, 2.24) is 19.9 Å². The zero-order chi connectivity index (χ0) is 23.0. The van der Waals surface area contributed by atoms with E-state index >= 15 is 0 Å². The fraction of sp³-hybridized carbons (Fsp3) is 0.348. The highest BCUT2D eigenvalue weighted by Crippen LogP contribution is 2.38. The highest BCUT2D eigenvalue weighted by molar-refractivity contribution is 5.94. The van der Waals surface area contributed by atoms with E-state index in [0.29, 0.717) is 29.6 Å². The van der Waals surface area contributed by atoms with Gasteiger partial charge in [-0.15, -0.1) is 0 Å². The lowest BCUT2D eigenvalue weighted by molar-refractivity contribution is 0.0698. The number of rotatable bonds is 5. The van der Waals surface area contributed by atoms with Gasteiger partial charge in [0.1, 0.15) is 0 Å². The Morgan fingerprint density at radius 2 is 1.88 bits per heavy atom. The molecule has 4 rings (SSSR count). The summed E-state index contributed by atoms with van der Waals surface area (Å²) in [5.74, 6) is 0.618. The maximum absolute atomic E-state index is 13.3. The minimum atomic E-state index is -0.485. The summed E-state index contributed by atoms with van der Waals surface area (Å²) < 4.78 is 5.60. The molecular weight excluding hydrogens is 408 g/mol. The summed E-state index contributed by atoms with van der Waals surface area (Å²) in [7, 11) is 3.75. The molecule has 9 nitrogen and oxygen atoms in total. The number of carbonyl (C=O) groups excluding carboxylic acids is 2. The fourth-order valence-corrected chi connectivity index (χ4v) is 4.05. The number of aromatic nitrogens is 3. The van der Waals surface area contributed by atoms with Crippen molar-refractivity contribution in [3.63, 3.8) is 0 Å². The van der Waals surface area contributed by atoms with Crippen molar-refractivity contribution < 1.29 is 14.0 Å². The topological polar surface area (TPSA) is 118 Å². The Balaban J connectivity index is 1.78. The lowest BCUT2D eigenvalue weighted by Crippen LogP contribution is -2.32. The molecule has 0 aliphatic carbocycles. The van der Waals surface area contributed by atoms with Crippen LogP contribution in [0.3, 0.4) is 0 Å². The fourth-order valence-electron chi connectivity index (χ4n) is 4.05. The number of primary amides is 1. The van der Waals surface area contributed by atoms with Crippen molar-refractivity contribution >= 4 is 17.8 Å². The SMILES string of the molecule is Cc1nc(C)c(C(=O)N2CCCC2c2nc(N(C)C)ncc2-c2ccc(C(N)=O)cc2)o1. The van der Waals surface area contributed by atoms with Crippen molar-refractivity contribution in [2.45, 2.75) is 32.7 Å². The van der Waals surface area contributed by atoms with Crippen molar-refractivity contribution in [2.75, 3.05) is 25.5 Å². The largest absolute Gasteiger partial charge is 0.436 e. The number of hydrogen-bond donors (Lipinski definition) is 1. The minimum absolute atomic E-state index is 0.189. The van der Waals surface area contributed by atoms with Crippen molar-refractivity contribution in [1.29, 1.82) is 0 Å². The summed E-state index contributed by atoms with van der Waals surface area (Å²) in [6, 6.07) is 6.77. The van der Waals surface area contributed by atoms with Crippen LogP contribution in [0.25, 0.3) is 11.1 Å². The van der Waals surface area contributed by atoms with E-state index in [9.17, 15) is 9.59 Å². The second kappa shape index (κ2) is 8.41. The second-order valence-electron chi connectivity index (χ2n) is 8.11. The highest BCUT2D eigenvalue weighted by atomic mass is 16.4. The number of anilines is 1. The van der Waals surface area contributed by atoms with Crippen LogP contribution in [0.15, 0.2) is 34.9 Å². The molecule has 0 spiro atoms. The summed E-state index contributed by atoms with van der Waals surface area (Å²) in [4.78, 5) is 42.0. The van der Waals surface area contributed by atoms with Gasteiger partial charge in [-0.25, -0.2) is 15.0 Å². The van der Waals surface area contributed by atoms with Gasteiger partial charge in [0.25, 0.3) is 5.91 Å². The van der Waals surface area contributed by atoms with E-state index in [4.69, 9.17) is 15.1 Å². The van der Waals surface area contributed by atoms with Gasteiger partial charge < -0.3 is 20.0 Å². The molecular formula is C23H26N6O3. The Morgan fingerprint density at radius 1 is 1.16 bits per heavy atom. The summed E-state index contributed by atoms with van der Waals surface area (Å²) in [6.45, 7) is 4.10. The van der Waals surface area contributed by atoms with E-state index in [1.54, 1.807) is 37.1 Å². The molecule has 0 radical (unpaired) electrons. The first-order chi connectivity index (χ1) is 15.3. The Kier molecular flexibility index (Phi) is 5.65. The standard InChI is InChI=1S/C23H26N6O3/c1-13-20(32-14(2)26-13)22(31)29-11-5-6-18(29)19-17(12-25-23(27-19)28(3)4)15-7-9-16(10-8-15)21(24)30/h7-10,12,18H,5-6,11H2,1-4H3,(H2,24,30). The van der Waals surface area contributed by atoms with Crippen LogP contribution in [0.4, 0.5) is 5.95 Å². The zero-order valence-corrected chi connectivity index (χ0v) is 18.6. The predicted molar refractivity (Wildman–Crippen MR) is 119 cm³/mol. The molecule has 2 N–H and O–H groups in total. The molecule has 1 aromatic carbocycles. The van der Waals surface area contributed by atoms with Crippen LogP contribution in [0.2, 0.25) is 0 Å². The number of nitrogens with two attached hydrogens (primary N) is 1. The van der Waals surface area contributed by atoms with Gasteiger partial charge >= 0.3 is 0 Å². The lowest BCUT2D eigenvalue weighted by atomic mass is 9.98. The van der Waals surface area contributed by atoms with Gasteiger partial charge in [0, 0.05) is 44.9 Å². The first-order valence-electron chi connectivity index (χ1n) is 10.5. The monoisotopic (exact) mass is 434 g/mol. The molecule has 2 amide bonds. The van der Waals surface area contributed by atoms with Gasteiger partial charge in [-0.2, -0.15) is 0 Å². The molecule has 1 atom stereocenters. The number of nitrogens with zero attached hydrogens (tertiary/aromatic N) is 5. The van der Waals surface area contributed by atoms with E-state index in [0.717, 1.165) is 29.7 Å². The van der Waals surface area contributed by atoms with E-state index in [-0.39, 0.29) is 17.7 Å². The number of benzene rings is 1. The van der Waals surface area contributed by atoms with Crippen LogP contribution in [0.5, 0.6) is 0 Å². The number of hydrogen-bond acceptors (Lipinski definition) is 7. The molecule has 2 aromatic heterocycles. The molecule has 0 bridgehead atoms. The zero-order valence-electron chi connectivity index (χ0n) is 18.6. The van der Waals surface area contributed by atoms with Crippen LogP contribution >= 0.6 is 0 Å². The number of likely N-dealkylation sites (tertiary alicyclic amines) is 1. The van der Waals surface area contributed by atoms with Crippen molar-refractivity contribution in [2.24, 2.45) is 5.73 Å². The summed E-state index contributed by atoms with van der Waals surface area (Å²) >= 11 is 0. The van der Waals surface area contributed by atoms with Crippen molar-refractivity contribution in [3.05, 3.63) is 59.1 Å². The van der Waals surface area contributed by atoms with E-state index < -0.39 is 5.91 Å². The van der Waals surface area contributed by atoms with Crippen LogP contribution in [0.1, 0.15) is 57.1 Å². The van der Waals surface area contributed by atoms with Crippen molar-refractivity contribution in [3.8, 4) is 11.1 Å². The lowest BCUT2D eigenvalue weighted by Gasteiger charge is -2.26. The highest BCUT2D eigenvalue weighted by Gasteiger charge is 2.36. The molecule has 0 saturated carbocycles. The number of aryl methyl sites for hydroxylation is 2. The molecule has 166 valence electrons. The average molecular weight is 435 g/mol. The molecule has 1 aliphatic heterocycles. The summed E-state index contributed by atoms with van der Waals surface area (Å²) in [5.41, 5.74) is 8.80. The third-order valence-electron chi connectivity index (χ3n) is 5.61. The summed E-state index contributed by atoms with van der Waals surface area (Å²) in [5, 5.41) is 0. The van der Waals surface area contributed by atoms with E-state index in [1.165, 1.54) is 0 Å². The Morgan fingerprint density at radius 3 is 2.47 bits per heavy atom. The normalized spacial score (nSPS) is 15.8. The van der Waals surface area contributed by atoms with Crippen LogP contribution < -0.4 is 10.6 Å². The minimum Gasteiger partial charge on any atom is -0.436 e. The van der Waals surface area contributed by atoms with Gasteiger partial charge in [-0.05, 0) is 37.5 Å². The predicted octanol–water partition coefficient (Wildman–Crippen LogP) is 2.89. The first kappa shape index (κ1) is 21.5. The van der Waals surface area contributed by atoms with E-state index in [1.807, 2.05) is 31.1 Å². The quantitative estimate of drug-likeness (QED) is 0.656. The summed E-state index contributed by atoms with van der Waals surface area (Å²) in [6.07, 6.45) is 3.39. The molecule has 1 unspecified atom stereocenters. The van der Waals surface area contributed by atoms with Gasteiger partial charge in [-0.3, -0.25) is 9.59 Å². The Bertz CT molecular complexity index is 1170. The molecule has 1 saturated heterocycles. The number of oxazole rings is 1. The molecule has 1 fully saturated rings. The number of amides is 2. The Hall–Kier alpha value is -3.75. The van der Waals surface area contributed by atoms with E-state index in [2.05, 4.69) is 9.97 Å².